The zero-order valence-corrected chi connectivity index (χ0v) is 15.1. The van der Waals surface area contributed by atoms with Gasteiger partial charge in [0.1, 0.15) is 29.3 Å². The van der Waals surface area contributed by atoms with E-state index in [0.717, 1.165) is 6.07 Å². The van der Waals surface area contributed by atoms with Crippen molar-refractivity contribution in [2.24, 2.45) is 0 Å². The lowest BCUT2D eigenvalue weighted by molar-refractivity contribution is -0.124. The average Bonchev–Trinajstić information content (AvgIpc) is 3.04. The molecule has 1 amide bonds. The molecular formula is C19H18F3N5O. The van der Waals surface area contributed by atoms with Gasteiger partial charge in [0, 0.05) is 19.0 Å². The first-order chi connectivity index (χ1) is 13.4. The van der Waals surface area contributed by atoms with Crippen LogP contribution in [-0.2, 0) is 17.6 Å². The van der Waals surface area contributed by atoms with E-state index in [0.29, 0.717) is 17.0 Å². The van der Waals surface area contributed by atoms with Gasteiger partial charge in [-0.3, -0.25) is 4.79 Å². The van der Waals surface area contributed by atoms with Crippen molar-refractivity contribution in [3.63, 3.8) is 0 Å². The number of nitrogens with one attached hydrogen (secondary N) is 1. The molecule has 0 fully saturated rings. The van der Waals surface area contributed by atoms with Crippen LogP contribution in [0.3, 0.4) is 0 Å². The highest BCUT2D eigenvalue weighted by atomic mass is 19.1. The van der Waals surface area contributed by atoms with E-state index in [1.165, 1.54) is 28.9 Å². The monoisotopic (exact) mass is 389 g/mol. The van der Waals surface area contributed by atoms with Crippen molar-refractivity contribution in [2.45, 2.75) is 25.8 Å². The minimum absolute atomic E-state index is 0.169. The smallest absolute Gasteiger partial charge is 0.245 e. The summed E-state index contributed by atoms with van der Waals surface area (Å²) in [6, 6.07) is 8.35. The summed E-state index contributed by atoms with van der Waals surface area (Å²) in [6.45, 7) is 1.82. The fourth-order valence-electron chi connectivity index (χ4n) is 2.91. The lowest BCUT2D eigenvalue weighted by atomic mass is 10.0. The molecule has 2 aromatic carbocycles. The summed E-state index contributed by atoms with van der Waals surface area (Å²) in [5, 5.41) is 13.9. The number of hydrogen-bond donors (Lipinski definition) is 1. The largest absolute Gasteiger partial charge is 0.354 e. The normalized spacial score (nSPS) is 12.0. The van der Waals surface area contributed by atoms with Gasteiger partial charge in [0.25, 0.3) is 0 Å². The van der Waals surface area contributed by atoms with Crippen molar-refractivity contribution < 1.29 is 18.0 Å². The SMILES string of the molecule is Cc1nnnn1C(Cc1cccc(F)c1)C(=O)NCCc1cc(F)cc(F)c1. The minimum atomic E-state index is -0.791. The number of tetrazole rings is 1. The predicted molar refractivity (Wildman–Crippen MR) is 94.8 cm³/mol. The Morgan fingerprint density at radius 1 is 1.07 bits per heavy atom. The van der Waals surface area contributed by atoms with E-state index in [4.69, 9.17) is 0 Å². The average molecular weight is 389 g/mol. The van der Waals surface area contributed by atoms with Gasteiger partial charge in [-0.05, 0) is 59.2 Å². The van der Waals surface area contributed by atoms with Crippen LogP contribution >= 0.6 is 0 Å². The van der Waals surface area contributed by atoms with E-state index in [1.807, 2.05) is 0 Å². The first-order valence-corrected chi connectivity index (χ1v) is 8.64. The van der Waals surface area contributed by atoms with E-state index in [9.17, 15) is 18.0 Å². The van der Waals surface area contributed by atoms with Crippen molar-refractivity contribution >= 4 is 5.91 Å². The number of hydrogen-bond acceptors (Lipinski definition) is 4. The molecular weight excluding hydrogens is 371 g/mol. The molecule has 0 aliphatic rings. The zero-order chi connectivity index (χ0) is 20.1. The molecule has 3 rings (SSSR count). The second-order valence-corrected chi connectivity index (χ2v) is 6.34. The van der Waals surface area contributed by atoms with E-state index >= 15 is 0 Å². The van der Waals surface area contributed by atoms with Gasteiger partial charge < -0.3 is 5.32 Å². The molecule has 0 bridgehead atoms. The molecule has 1 atom stereocenters. The highest BCUT2D eigenvalue weighted by molar-refractivity contribution is 5.80. The Morgan fingerprint density at radius 2 is 1.79 bits per heavy atom. The van der Waals surface area contributed by atoms with Crippen LogP contribution in [0, 0.1) is 24.4 Å². The van der Waals surface area contributed by atoms with E-state index in [1.54, 1.807) is 19.1 Å². The maximum atomic E-state index is 13.5. The third-order valence-corrected chi connectivity index (χ3v) is 4.21. The van der Waals surface area contributed by atoms with Crippen LogP contribution in [-0.4, -0.2) is 32.7 Å². The van der Waals surface area contributed by atoms with Gasteiger partial charge in [-0.15, -0.1) is 5.10 Å². The molecule has 0 aliphatic heterocycles. The predicted octanol–water partition coefficient (Wildman–Crippen LogP) is 2.54. The Balaban J connectivity index is 1.70. The van der Waals surface area contributed by atoms with E-state index < -0.39 is 23.5 Å². The van der Waals surface area contributed by atoms with Crippen LogP contribution < -0.4 is 5.32 Å². The van der Waals surface area contributed by atoms with Crippen molar-refractivity contribution in [3.05, 3.63) is 76.9 Å². The van der Waals surface area contributed by atoms with Crippen LogP contribution in [0.25, 0.3) is 0 Å². The quantitative estimate of drug-likeness (QED) is 0.674. The maximum absolute atomic E-state index is 13.5. The molecule has 1 aromatic heterocycles. The van der Waals surface area contributed by atoms with Crippen LogP contribution in [0.2, 0.25) is 0 Å². The Hall–Kier alpha value is -3.23. The van der Waals surface area contributed by atoms with Crippen molar-refractivity contribution in [1.82, 2.24) is 25.5 Å². The number of aromatic nitrogens is 4. The van der Waals surface area contributed by atoms with Crippen molar-refractivity contribution in [1.29, 1.82) is 0 Å². The number of halogens is 3. The number of amides is 1. The molecule has 0 aliphatic carbocycles. The standard InChI is InChI=1S/C19H18F3N5O/c1-12-24-25-26-27(12)18(10-13-3-2-4-15(20)7-13)19(28)23-6-5-14-8-16(21)11-17(22)9-14/h2-4,7-9,11,18H,5-6,10H2,1H3,(H,23,28). The highest BCUT2D eigenvalue weighted by Gasteiger charge is 2.24. The van der Waals surface area contributed by atoms with Gasteiger partial charge in [-0.1, -0.05) is 12.1 Å². The first-order valence-electron chi connectivity index (χ1n) is 8.64. The molecule has 3 aromatic rings. The minimum Gasteiger partial charge on any atom is -0.354 e. The van der Waals surface area contributed by atoms with Crippen LogP contribution in [0.5, 0.6) is 0 Å². The molecule has 1 N–H and O–H groups in total. The topological polar surface area (TPSA) is 72.7 Å². The zero-order valence-electron chi connectivity index (χ0n) is 15.1. The fraction of sp³-hybridized carbons (Fsp3) is 0.263. The molecule has 9 heteroatoms. The Labute approximate surface area is 159 Å². The van der Waals surface area contributed by atoms with Gasteiger partial charge in [-0.25, -0.2) is 17.9 Å². The van der Waals surface area contributed by atoms with Crippen LogP contribution in [0.15, 0.2) is 42.5 Å². The van der Waals surface area contributed by atoms with Crippen molar-refractivity contribution in [2.75, 3.05) is 6.54 Å². The molecule has 6 nitrogen and oxygen atoms in total. The summed E-state index contributed by atoms with van der Waals surface area (Å²) < 4.78 is 41.4. The summed E-state index contributed by atoms with van der Waals surface area (Å²) >= 11 is 0. The van der Waals surface area contributed by atoms with Crippen LogP contribution in [0.4, 0.5) is 13.2 Å². The summed E-state index contributed by atoms with van der Waals surface area (Å²) in [6.07, 6.45) is 0.436. The van der Waals surface area contributed by atoms with Crippen molar-refractivity contribution in [3.8, 4) is 0 Å². The molecule has 146 valence electrons. The number of carbonyl (C=O) groups is 1. The Bertz CT molecular complexity index is 955. The summed E-state index contributed by atoms with van der Waals surface area (Å²) in [4.78, 5) is 12.7. The maximum Gasteiger partial charge on any atom is 0.245 e. The summed E-state index contributed by atoms with van der Waals surface area (Å²) in [5.41, 5.74) is 1.04. The number of rotatable bonds is 7. The van der Waals surface area contributed by atoms with E-state index in [-0.39, 0.29) is 25.3 Å². The van der Waals surface area contributed by atoms with Gasteiger partial charge in [-0.2, -0.15) is 0 Å². The first kappa shape index (κ1) is 19.5. The third kappa shape index (κ3) is 4.93. The van der Waals surface area contributed by atoms with Gasteiger partial charge in [0.05, 0.1) is 0 Å². The second kappa shape index (κ2) is 8.64. The Morgan fingerprint density at radius 3 is 2.43 bits per heavy atom. The van der Waals surface area contributed by atoms with Gasteiger partial charge in [0.2, 0.25) is 5.91 Å². The fourth-order valence-corrected chi connectivity index (χ4v) is 2.91. The molecule has 0 saturated heterocycles. The molecule has 28 heavy (non-hydrogen) atoms. The molecule has 0 spiro atoms. The lowest BCUT2D eigenvalue weighted by Gasteiger charge is -2.17. The van der Waals surface area contributed by atoms with E-state index in [2.05, 4.69) is 20.8 Å². The molecule has 0 saturated carbocycles. The summed E-state index contributed by atoms with van der Waals surface area (Å²) in [5.74, 6) is -1.69. The Kier molecular flexibility index (Phi) is 6.03. The highest BCUT2D eigenvalue weighted by Crippen LogP contribution is 2.16. The van der Waals surface area contributed by atoms with Gasteiger partial charge >= 0.3 is 0 Å². The number of carbonyl (C=O) groups excluding carboxylic acids is 1. The molecule has 1 unspecified atom stereocenters. The second-order valence-electron chi connectivity index (χ2n) is 6.34. The van der Waals surface area contributed by atoms with Crippen LogP contribution in [0.1, 0.15) is 23.0 Å². The number of aryl methyl sites for hydroxylation is 1. The summed E-state index contributed by atoms with van der Waals surface area (Å²) in [7, 11) is 0. The number of benzene rings is 2. The van der Waals surface area contributed by atoms with Gasteiger partial charge in [0.15, 0.2) is 0 Å². The molecule has 1 heterocycles. The number of nitrogens with zero attached hydrogens (tertiary/aromatic N) is 4. The third-order valence-electron chi connectivity index (χ3n) is 4.21. The molecule has 0 radical (unpaired) electrons. The lowest BCUT2D eigenvalue weighted by Crippen LogP contribution is -2.36.